The van der Waals surface area contributed by atoms with Crippen LogP contribution in [0.3, 0.4) is 0 Å². The van der Waals surface area contributed by atoms with E-state index < -0.39 is 24.2 Å². The molecule has 12 heteroatoms. The number of halogens is 3. The van der Waals surface area contributed by atoms with Crippen LogP contribution in [0, 0.1) is 0 Å². The standard InChI is InChI=1S/C24H22N4O3.C2HF3O2/c1-28(21(24(30)31)10-7-16-5-3-2-4-6-16)23(29)18-8-9-19-20(15-18)27-22(26-19)17-11-13-25-14-12-17;3-2(4,5)1(6)7/h2-6,8-9,11-15,21H,7,10H2,1H3,(H,26,27)(H,30,31);(H,6,7)/t21-;/m0./s1. The van der Waals surface area contributed by atoms with Gasteiger partial charge in [0.15, 0.2) is 12.4 Å². The lowest BCUT2D eigenvalue weighted by Gasteiger charge is -2.25. The number of aryl methyl sites for hydroxylation is 1. The van der Waals surface area contributed by atoms with E-state index in [4.69, 9.17) is 9.90 Å². The maximum Gasteiger partial charge on any atom is 0.430 e. The lowest BCUT2D eigenvalue weighted by atomic mass is 10.0. The van der Waals surface area contributed by atoms with Gasteiger partial charge in [0.05, 0.1) is 11.0 Å². The summed E-state index contributed by atoms with van der Waals surface area (Å²) in [6, 6.07) is 17.7. The van der Waals surface area contributed by atoms with Crippen molar-refractivity contribution >= 4 is 28.9 Å². The van der Waals surface area contributed by atoms with Crippen molar-refractivity contribution in [2.45, 2.75) is 25.1 Å². The molecule has 0 spiro atoms. The zero-order chi connectivity index (χ0) is 27.9. The van der Waals surface area contributed by atoms with E-state index in [1.165, 1.54) is 11.9 Å². The molecule has 1 atom stereocenters. The van der Waals surface area contributed by atoms with Gasteiger partial charge in [-0.2, -0.15) is 13.2 Å². The number of carboxylic acids is 2. The predicted octanol–water partition coefficient (Wildman–Crippen LogP) is 2.50. The topological polar surface area (TPSA) is 141 Å². The number of hydrogen-bond donors (Lipinski definition) is 2. The molecule has 38 heavy (non-hydrogen) atoms. The molecule has 0 aliphatic carbocycles. The molecule has 4 aromatic rings. The van der Waals surface area contributed by atoms with Crippen molar-refractivity contribution in [2.24, 2.45) is 0 Å². The molecular formula is C26H23F3N4O5. The van der Waals surface area contributed by atoms with E-state index in [0.717, 1.165) is 22.2 Å². The van der Waals surface area contributed by atoms with Crippen LogP contribution in [0.2, 0.25) is 0 Å². The molecule has 0 saturated heterocycles. The highest BCUT2D eigenvalue weighted by atomic mass is 19.4. The molecule has 0 unspecified atom stereocenters. The maximum atomic E-state index is 13.0. The second-order valence-corrected chi connectivity index (χ2v) is 8.19. The summed E-state index contributed by atoms with van der Waals surface area (Å²) in [4.78, 5) is 45.8. The molecule has 0 aliphatic rings. The zero-order valence-corrected chi connectivity index (χ0v) is 20.0. The van der Waals surface area contributed by atoms with Crippen LogP contribution in [0.25, 0.3) is 22.4 Å². The normalized spacial score (nSPS) is 11.8. The smallest absolute Gasteiger partial charge is 0.430 e. The van der Waals surface area contributed by atoms with Crippen molar-refractivity contribution in [3.05, 3.63) is 84.2 Å². The third kappa shape index (κ3) is 7.15. The Morgan fingerprint density at radius 3 is 2.29 bits per heavy atom. The van der Waals surface area contributed by atoms with Crippen LogP contribution in [0.4, 0.5) is 13.2 Å². The monoisotopic (exact) mass is 528 g/mol. The van der Waals surface area contributed by atoms with Gasteiger partial charge in [0, 0.05) is 30.3 Å². The molecule has 9 nitrogen and oxygen atoms in total. The lowest BCUT2D eigenvalue weighted by molar-refractivity contribution is -0.377. The quantitative estimate of drug-likeness (QED) is 0.378. The second kappa shape index (κ2) is 12.0. The number of carbonyl (C=O) groups excluding carboxylic acids is 2. The van der Waals surface area contributed by atoms with Crippen LogP contribution in [-0.4, -0.2) is 57.1 Å². The van der Waals surface area contributed by atoms with Gasteiger partial charge in [-0.3, -0.25) is 4.79 Å². The maximum absolute atomic E-state index is 13.0. The first-order valence-corrected chi connectivity index (χ1v) is 11.3. The number of likely N-dealkylation sites (N-methyl/N-ethyl adjacent to an activating group) is 1. The summed E-state index contributed by atoms with van der Waals surface area (Å²) < 4.78 is 31.5. The van der Waals surface area contributed by atoms with Gasteiger partial charge in [0.25, 0.3) is 5.91 Å². The Kier molecular flexibility index (Phi) is 8.79. The van der Waals surface area contributed by atoms with E-state index in [-0.39, 0.29) is 5.91 Å². The number of nitrogens with zero attached hydrogens (tertiary/aromatic N) is 2. The highest BCUT2D eigenvalue weighted by Crippen LogP contribution is 2.22. The van der Waals surface area contributed by atoms with Crippen molar-refractivity contribution in [3.63, 3.8) is 0 Å². The van der Waals surface area contributed by atoms with E-state index in [9.17, 15) is 27.9 Å². The van der Waals surface area contributed by atoms with Crippen molar-refractivity contribution in [2.75, 3.05) is 7.05 Å². The third-order valence-electron chi connectivity index (χ3n) is 5.57. The molecule has 0 aliphatic heterocycles. The van der Waals surface area contributed by atoms with Crippen LogP contribution in [-0.2, 0) is 16.0 Å². The van der Waals surface area contributed by atoms with Crippen LogP contribution in [0.5, 0.6) is 0 Å². The summed E-state index contributed by atoms with van der Waals surface area (Å²) in [5.74, 6) is -3.66. The Hall–Kier alpha value is -4.74. The number of hydrogen-bond acceptors (Lipinski definition) is 5. The fourth-order valence-corrected chi connectivity index (χ4v) is 3.60. The van der Waals surface area contributed by atoms with Crippen molar-refractivity contribution in [1.29, 1.82) is 0 Å². The summed E-state index contributed by atoms with van der Waals surface area (Å²) in [6.07, 6.45) is -0.655. The summed E-state index contributed by atoms with van der Waals surface area (Å²) >= 11 is 0. The molecule has 0 radical (unpaired) electrons. The molecule has 0 bridgehead atoms. The molecule has 2 heterocycles. The average Bonchev–Trinajstić information content (AvgIpc) is 3.32. The van der Waals surface area contributed by atoms with Gasteiger partial charge < -0.3 is 24.9 Å². The number of aromatic nitrogens is 3. The molecule has 1 amide bonds. The Balaban J connectivity index is 0.000000505. The fraction of sp³-hybridized carbons (Fsp3) is 0.192. The van der Waals surface area contributed by atoms with Crippen LogP contribution >= 0.6 is 0 Å². The molecule has 0 fully saturated rings. The van der Waals surface area contributed by atoms with E-state index in [2.05, 4.69) is 15.0 Å². The van der Waals surface area contributed by atoms with Crippen molar-refractivity contribution < 1.29 is 42.8 Å². The Morgan fingerprint density at radius 2 is 1.71 bits per heavy atom. The third-order valence-corrected chi connectivity index (χ3v) is 5.57. The summed E-state index contributed by atoms with van der Waals surface area (Å²) in [5, 5.41) is 18.5. The molecule has 4 rings (SSSR count). The van der Waals surface area contributed by atoms with Crippen LogP contribution < -0.4 is 10.1 Å². The first-order valence-electron chi connectivity index (χ1n) is 11.3. The van der Waals surface area contributed by atoms with E-state index in [1.807, 2.05) is 54.9 Å². The van der Waals surface area contributed by atoms with Gasteiger partial charge in [-0.15, -0.1) is 0 Å². The van der Waals surface area contributed by atoms with Gasteiger partial charge in [-0.1, -0.05) is 30.3 Å². The molecule has 198 valence electrons. The minimum atomic E-state index is -5.19. The van der Waals surface area contributed by atoms with Crippen LogP contribution in [0.15, 0.2) is 73.1 Å². The number of alkyl halides is 3. The number of rotatable bonds is 7. The number of amides is 1. The lowest BCUT2D eigenvalue weighted by Crippen LogP contribution is -2.42. The van der Waals surface area contributed by atoms with Crippen LogP contribution in [0.1, 0.15) is 22.3 Å². The summed E-state index contributed by atoms with van der Waals surface area (Å²) in [6.45, 7) is 0. The predicted molar refractivity (Wildman–Crippen MR) is 127 cm³/mol. The minimum Gasteiger partial charge on any atom is -0.542 e. The van der Waals surface area contributed by atoms with E-state index in [0.29, 0.717) is 24.2 Å². The first-order chi connectivity index (χ1) is 18.0. The summed E-state index contributed by atoms with van der Waals surface area (Å²) in [7, 11) is 1.54. The molecule has 0 saturated carbocycles. The number of carboxylic acid groups (broad SMARTS) is 2. The molecule has 2 aromatic carbocycles. The van der Waals surface area contributed by atoms with Gasteiger partial charge in [-0.05, 0) is 36.6 Å². The van der Waals surface area contributed by atoms with Crippen molar-refractivity contribution in [1.82, 2.24) is 14.9 Å². The minimum absolute atomic E-state index is 0.336. The number of benzene rings is 2. The number of carbonyl (C=O) groups is 3. The Labute approximate surface area is 214 Å². The van der Waals surface area contributed by atoms with Crippen molar-refractivity contribution in [3.8, 4) is 11.4 Å². The number of imidazole rings is 1. The number of pyridine rings is 1. The largest absolute Gasteiger partial charge is 0.542 e. The molecule has 3 N–H and O–H groups in total. The van der Waals surface area contributed by atoms with E-state index in [1.54, 1.807) is 18.2 Å². The zero-order valence-electron chi connectivity index (χ0n) is 20.0. The second-order valence-electron chi connectivity index (χ2n) is 8.19. The number of aliphatic carboxylic acids is 2. The van der Waals surface area contributed by atoms with Gasteiger partial charge in [-0.25, -0.2) is 14.8 Å². The number of fused-ring (bicyclic) bond motifs is 1. The molecular weight excluding hydrogens is 505 g/mol. The highest BCUT2D eigenvalue weighted by Gasteiger charge is 2.29. The number of aromatic amines is 2. The Morgan fingerprint density at radius 1 is 1.08 bits per heavy atom. The first kappa shape index (κ1) is 27.8. The average molecular weight is 528 g/mol. The fourth-order valence-electron chi connectivity index (χ4n) is 3.60. The Bertz CT molecular complexity index is 1410. The van der Waals surface area contributed by atoms with Gasteiger partial charge in [0.1, 0.15) is 17.8 Å². The van der Waals surface area contributed by atoms with E-state index >= 15 is 0 Å². The number of H-pyrrole nitrogens is 2. The van der Waals surface area contributed by atoms with Gasteiger partial charge >= 0.3 is 12.1 Å². The molecule has 2 aromatic heterocycles. The number of nitrogens with one attached hydrogen (secondary N) is 2. The van der Waals surface area contributed by atoms with Gasteiger partial charge in [0.2, 0.25) is 0 Å². The summed E-state index contributed by atoms with van der Waals surface area (Å²) in [5.41, 5.74) is 3.84. The SMILES string of the molecule is CN(C(=O)c1ccc2nc(-c3cc[nH+]cc3)[nH]c2c1)[C@@H](CCc1ccccc1)C(=O)O.O=C([O-])C(F)(F)F. The highest BCUT2D eigenvalue weighted by molar-refractivity contribution is 5.99.